The standard InChI is InChI=1S/C10H20O/c1-3-5-7-9-10(11)8-6-4-2/h5,7,10-11H,3-4,6,8-9H2,1-2H3/b7-5-/t10-/m1/s1. The SMILES string of the molecule is CC/C=C\C[C@H](O)CCCC. The first-order valence-corrected chi connectivity index (χ1v) is 4.64. The summed E-state index contributed by atoms with van der Waals surface area (Å²) in [4.78, 5) is 0. The minimum atomic E-state index is -0.113. The van der Waals surface area contributed by atoms with Crippen molar-refractivity contribution >= 4 is 0 Å². The molecule has 0 bridgehead atoms. The van der Waals surface area contributed by atoms with Crippen LogP contribution in [-0.2, 0) is 0 Å². The van der Waals surface area contributed by atoms with Crippen LogP contribution in [0, 0.1) is 0 Å². The first-order valence-electron chi connectivity index (χ1n) is 4.64. The summed E-state index contributed by atoms with van der Waals surface area (Å²) in [6.45, 7) is 4.25. The third-order valence-electron chi connectivity index (χ3n) is 1.70. The normalized spacial score (nSPS) is 14.1. The average Bonchev–Trinajstić information content (AvgIpc) is 2.01. The fourth-order valence-electron chi connectivity index (χ4n) is 0.978. The predicted molar refractivity (Wildman–Crippen MR) is 49.6 cm³/mol. The van der Waals surface area contributed by atoms with E-state index in [2.05, 4.69) is 26.0 Å². The van der Waals surface area contributed by atoms with Gasteiger partial charge in [-0.1, -0.05) is 38.8 Å². The zero-order valence-corrected chi connectivity index (χ0v) is 7.71. The molecule has 0 fully saturated rings. The summed E-state index contributed by atoms with van der Waals surface area (Å²) in [5.74, 6) is 0. The summed E-state index contributed by atoms with van der Waals surface area (Å²) >= 11 is 0. The molecule has 1 atom stereocenters. The van der Waals surface area contributed by atoms with E-state index in [1.54, 1.807) is 0 Å². The molecule has 0 aliphatic carbocycles. The van der Waals surface area contributed by atoms with Gasteiger partial charge in [-0.3, -0.25) is 0 Å². The fourth-order valence-corrected chi connectivity index (χ4v) is 0.978. The van der Waals surface area contributed by atoms with Crippen LogP contribution in [0.2, 0.25) is 0 Å². The lowest BCUT2D eigenvalue weighted by Gasteiger charge is -2.05. The molecule has 0 unspecified atom stereocenters. The Morgan fingerprint density at radius 3 is 2.55 bits per heavy atom. The van der Waals surface area contributed by atoms with Crippen LogP contribution in [0.4, 0.5) is 0 Å². The van der Waals surface area contributed by atoms with E-state index >= 15 is 0 Å². The summed E-state index contributed by atoms with van der Waals surface area (Å²) in [6, 6.07) is 0. The molecule has 0 rings (SSSR count). The first-order chi connectivity index (χ1) is 5.31. The van der Waals surface area contributed by atoms with Gasteiger partial charge in [0.1, 0.15) is 0 Å². The van der Waals surface area contributed by atoms with Crippen molar-refractivity contribution in [1.29, 1.82) is 0 Å². The van der Waals surface area contributed by atoms with Gasteiger partial charge in [0.25, 0.3) is 0 Å². The van der Waals surface area contributed by atoms with Gasteiger partial charge in [-0.05, 0) is 19.3 Å². The molecule has 0 saturated carbocycles. The Bertz CT molecular complexity index is 97.0. The van der Waals surface area contributed by atoms with E-state index in [1.165, 1.54) is 6.42 Å². The maximum absolute atomic E-state index is 9.36. The van der Waals surface area contributed by atoms with E-state index in [0.29, 0.717) is 0 Å². The maximum atomic E-state index is 9.36. The second kappa shape index (κ2) is 7.80. The molecule has 0 heterocycles. The molecule has 0 aliphatic heterocycles. The quantitative estimate of drug-likeness (QED) is 0.586. The van der Waals surface area contributed by atoms with Gasteiger partial charge in [-0.25, -0.2) is 0 Å². The molecule has 1 nitrogen and oxygen atoms in total. The van der Waals surface area contributed by atoms with Gasteiger partial charge in [-0.2, -0.15) is 0 Å². The van der Waals surface area contributed by atoms with Gasteiger partial charge in [-0.15, -0.1) is 0 Å². The maximum Gasteiger partial charge on any atom is 0.0574 e. The molecule has 0 aliphatic rings. The monoisotopic (exact) mass is 156 g/mol. The highest BCUT2D eigenvalue weighted by atomic mass is 16.3. The number of aliphatic hydroxyl groups excluding tert-OH is 1. The topological polar surface area (TPSA) is 20.2 Å². The summed E-state index contributed by atoms with van der Waals surface area (Å²) < 4.78 is 0. The lowest BCUT2D eigenvalue weighted by Crippen LogP contribution is -2.03. The van der Waals surface area contributed by atoms with E-state index in [9.17, 15) is 5.11 Å². The highest BCUT2D eigenvalue weighted by Crippen LogP contribution is 2.04. The highest BCUT2D eigenvalue weighted by Gasteiger charge is 1.98. The van der Waals surface area contributed by atoms with Crippen molar-refractivity contribution in [2.45, 2.75) is 52.1 Å². The van der Waals surface area contributed by atoms with Gasteiger partial charge >= 0.3 is 0 Å². The van der Waals surface area contributed by atoms with Crippen LogP contribution < -0.4 is 0 Å². The molecule has 0 aromatic rings. The van der Waals surface area contributed by atoms with Crippen molar-refractivity contribution in [2.24, 2.45) is 0 Å². The van der Waals surface area contributed by atoms with Crippen molar-refractivity contribution in [3.8, 4) is 0 Å². The Hall–Kier alpha value is -0.300. The van der Waals surface area contributed by atoms with E-state index in [1.807, 2.05) is 0 Å². The van der Waals surface area contributed by atoms with Gasteiger partial charge in [0.05, 0.1) is 6.10 Å². The van der Waals surface area contributed by atoms with E-state index in [-0.39, 0.29) is 6.10 Å². The van der Waals surface area contributed by atoms with Gasteiger partial charge in [0.2, 0.25) is 0 Å². The number of unbranched alkanes of at least 4 members (excludes halogenated alkanes) is 1. The second-order valence-corrected chi connectivity index (χ2v) is 2.91. The molecule has 1 N–H and O–H groups in total. The van der Waals surface area contributed by atoms with Crippen molar-refractivity contribution in [3.63, 3.8) is 0 Å². The molecule has 0 saturated heterocycles. The number of aliphatic hydroxyl groups is 1. The Labute approximate surface area is 70.1 Å². The summed E-state index contributed by atoms with van der Waals surface area (Å²) in [5, 5.41) is 9.36. The molecule has 11 heavy (non-hydrogen) atoms. The van der Waals surface area contributed by atoms with Crippen LogP contribution in [0.3, 0.4) is 0 Å². The third-order valence-corrected chi connectivity index (χ3v) is 1.70. The lowest BCUT2D eigenvalue weighted by atomic mass is 10.1. The van der Waals surface area contributed by atoms with Crippen molar-refractivity contribution in [2.75, 3.05) is 0 Å². The van der Waals surface area contributed by atoms with Crippen LogP contribution >= 0.6 is 0 Å². The first kappa shape index (κ1) is 10.7. The van der Waals surface area contributed by atoms with Crippen LogP contribution in [-0.4, -0.2) is 11.2 Å². The lowest BCUT2D eigenvalue weighted by molar-refractivity contribution is 0.164. The molecular weight excluding hydrogens is 136 g/mol. The predicted octanol–water partition coefficient (Wildman–Crippen LogP) is 2.89. The highest BCUT2D eigenvalue weighted by molar-refractivity contribution is 4.82. The summed E-state index contributed by atoms with van der Waals surface area (Å²) in [7, 11) is 0. The zero-order valence-electron chi connectivity index (χ0n) is 7.71. The Kier molecular flexibility index (Phi) is 7.59. The number of hydrogen-bond acceptors (Lipinski definition) is 1. The van der Waals surface area contributed by atoms with Crippen LogP contribution in [0.25, 0.3) is 0 Å². The Morgan fingerprint density at radius 1 is 1.27 bits per heavy atom. The van der Waals surface area contributed by atoms with Gasteiger partial charge in [0, 0.05) is 0 Å². The summed E-state index contributed by atoms with van der Waals surface area (Å²) in [5.41, 5.74) is 0. The molecular formula is C10H20O. The molecule has 66 valence electrons. The molecule has 0 amide bonds. The molecule has 0 radical (unpaired) electrons. The fraction of sp³-hybridized carbons (Fsp3) is 0.800. The molecule has 0 spiro atoms. The second-order valence-electron chi connectivity index (χ2n) is 2.91. The number of allylic oxidation sites excluding steroid dienone is 1. The molecule has 0 aromatic carbocycles. The van der Waals surface area contributed by atoms with Crippen LogP contribution in [0.15, 0.2) is 12.2 Å². The number of rotatable bonds is 6. The molecule has 1 heteroatoms. The smallest absolute Gasteiger partial charge is 0.0574 e. The van der Waals surface area contributed by atoms with Gasteiger partial charge < -0.3 is 5.11 Å². The average molecular weight is 156 g/mol. The van der Waals surface area contributed by atoms with E-state index in [4.69, 9.17) is 0 Å². The Balaban J connectivity index is 3.21. The van der Waals surface area contributed by atoms with E-state index < -0.39 is 0 Å². The third kappa shape index (κ3) is 7.60. The van der Waals surface area contributed by atoms with Crippen LogP contribution in [0.1, 0.15) is 46.0 Å². The van der Waals surface area contributed by atoms with Crippen molar-refractivity contribution < 1.29 is 5.11 Å². The largest absolute Gasteiger partial charge is 0.393 e. The van der Waals surface area contributed by atoms with Gasteiger partial charge in [0.15, 0.2) is 0 Å². The summed E-state index contributed by atoms with van der Waals surface area (Å²) in [6.07, 6.45) is 9.22. The zero-order chi connectivity index (χ0) is 8.53. The van der Waals surface area contributed by atoms with Crippen molar-refractivity contribution in [1.82, 2.24) is 0 Å². The van der Waals surface area contributed by atoms with Crippen LogP contribution in [0.5, 0.6) is 0 Å². The number of hydrogen-bond donors (Lipinski definition) is 1. The minimum absolute atomic E-state index is 0.113. The van der Waals surface area contributed by atoms with E-state index in [0.717, 1.165) is 25.7 Å². The Morgan fingerprint density at radius 2 is 2.00 bits per heavy atom. The minimum Gasteiger partial charge on any atom is -0.393 e. The molecule has 0 aromatic heterocycles. The van der Waals surface area contributed by atoms with Crippen molar-refractivity contribution in [3.05, 3.63) is 12.2 Å².